The molecule has 2 nitrogen and oxygen atoms in total. The molecule has 0 spiro atoms. The van der Waals surface area contributed by atoms with E-state index in [2.05, 4.69) is 30.9 Å². The Labute approximate surface area is 115 Å². The Bertz CT molecular complexity index is 407. The summed E-state index contributed by atoms with van der Waals surface area (Å²) >= 11 is 6.41. The number of nitrogens with zero attached hydrogens (tertiary/aromatic N) is 1. The highest BCUT2D eigenvalue weighted by Crippen LogP contribution is 2.32. The van der Waals surface area contributed by atoms with Crippen molar-refractivity contribution in [1.82, 2.24) is 0 Å². The van der Waals surface area contributed by atoms with Crippen molar-refractivity contribution in [2.75, 3.05) is 18.0 Å². The molecule has 1 aliphatic rings. The standard InChI is InChI=1S/C15H23ClN2/c1-10-6-11(2)9-18(8-10)15-5-4-13(12(3)17)7-14(15)16/h4-5,7,10-12H,6,8-9,17H2,1-3H3/t10?,11?,12-/m0/s1. The molecule has 3 atom stereocenters. The number of anilines is 1. The average molecular weight is 267 g/mol. The summed E-state index contributed by atoms with van der Waals surface area (Å²) < 4.78 is 0. The lowest BCUT2D eigenvalue weighted by atomic mass is 9.91. The Hall–Kier alpha value is -0.730. The van der Waals surface area contributed by atoms with Crippen LogP contribution in [0.1, 0.15) is 38.8 Å². The Morgan fingerprint density at radius 2 is 1.89 bits per heavy atom. The number of halogens is 1. The van der Waals surface area contributed by atoms with Gasteiger partial charge in [0, 0.05) is 19.1 Å². The Morgan fingerprint density at radius 3 is 2.39 bits per heavy atom. The van der Waals surface area contributed by atoms with Crippen LogP contribution in [-0.4, -0.2) is 13.1 Å². The van der Waals surface area contributed by atoms with Crippen molar-refractivity contribution in [3.8, 4) is 0 Å². The third-order valence-corrected chi connectivity index (χ3v) is 4.01. The average Bonchev–Trinajstić information content (AvgIpc) is 2.27. The molecule has 1 aliphatic heterocycles. The van der Waals surface area contributed by atoms with Gasteiger partial charge >= 0.3 is 0 Å². The highest BCUT2D eigenvalue weighted by Gasteiger charge is 2.23. The third-order valence-electron chi connectivity index (χ3n) is 3.71. The van der Waals surface area contributed by atoms with E-state index >= 15 is 0 Å². The summed E-state index contributed by atoms with van der Waals surface area (Å²) in [7, 11) is 0. The predicted molar refractivity (Wildman–Crippen MR) is 79.2 cm³/mol. The summed E-state index contributed by atoms with van der Waals surface area (Å²) in [5, 5.41) is 0.825. The minimum absolute atomic E-state index is 0.0377. The van der Waals surface area contributed by atoms with Gasteiger partial charge in [-0.3, -0.25) is 0 Å². The minimum atomic E-state index is 0.0377. The smallest absolute Gasteiger partial charge is 0.0642 e. The Kier molecular flexibility index (Phi) is 4.18. The molecule has 2 rings (SSSR count). The minimum Gasteiger partial charge on any atom is -0.370 e. The van der Waals surface area contributed by atoms with Gasteiger partial charge in [0.2, 0.25) is 0 Å². The Morgan fingerprint density at radius 1 is 1.28 bits per heavy atom. The number of rotatable bonds is 2. The zero-order valence-electron chi connectivity index (χ0n) is 11.5. The van der Waals surface area contributed by atoms with Gasteiger partial charge < -0.3 is 10.6 Å². The highest BCUT2D eigenvalue weighted by atomic mass is 35.5. The normalized spacial score (nSPS) is 26.2. The van der Waals surface area contributed by atoms with Gasteiger partial charge in [-0.15, -0.1) is 0 Å². The fourth-order valence-corrected chi connectivity index (χ4v) is 3.23. The number of piperidine rings is 1. The van der Waals surface area contributed by atoms with E-state index in [-0.39, 0.29) is 6.04 Å². The summed E-state index contributed by atoms with van der Waals surface area (Å²) in [6, 6.07) is 6.25. The van der Waals surface area contributed by atoms with Crippen LogP contribution in [0.4, 0.5) is 5.69 Å². The van der Waals surface area contributed by atoms with Crippen LogP contribution >= 0.6 is 11.6 Å². The zero-order chi connectivity index (χ0) is 13.3. The van der Waals surface area contributed by atoms with E-state index in [0.29, 0.717) is 0 Å². The first kappa shape index (κ1) is 13.7. The number of benzene rings is 1. The van der Waals surface area contributed by atoms with Crippen LogP contribution in [0, 0.1) is 11.8 Å². The van der Waals surface area contributed by atoms with E-state index in [4.69, 9.17) is 17.3 Å². The van der Waals surface area contributed by atoms with Crippen LogP contribution in [-0.2, 0) is 0 Å². The molecular weight excluding hydrogens is 244 g/mol. The predicted octanol–water partition coefficient (Wildman–Crippen LogP) is 3.84. The second-order valence-corrected chi connectivity index (χ2v) is 6.26. The summed E-state index contributed by atoms with van der Waals surface area (Å²) in [6.45, 7) is 8.80. The first-order valence-corrected chi connectivity index (χ1v) is 7.15. The second kappa shape index (κ2) is 5.50. The lowest BCUT2D eigenvalue weighted by molar-refractivity contribution is 0.357. The lowest BCUT2D eigenvalue weighted by Gasteiger charge is -2.37. The van der Waals surface area contributed by atoms with Gasteiger partial charge in [-0.1, -0.05) is 31.5 Å². The molecule has 0 bridgehead atoms. The van der Waals surface area contributed by atoms with E-state index < -0.39 is 0 Å². The van der Waals surface area contributed by atoms with E-state index in [1.807, 2.05) is 13.0 Å². The van der Waals surface area contributed by atoms with Crippen LogP contribution in [0.5, 0.6) is 0 Å². The van der Waals surface area contributed by atoms with E-state index in [9.17, 15) is 0 Å². The fraction of sp³-hybridized carbons (Fsp3) is 0.600. The quantitative estimate of drug-likeness (QED) is 0.881. The van der Waals surface area contributed by atoms with E-state index in [0.717, 1.165) is 41.2 Å². The van der Waals surface area contributed by atoms with Gasteiger partial charge in [-0.2, -0.15) is 0 Å². The molecule has 100 valence electrons. The van der Waals surface area contributed by atoms with Crippen molar-refractivity contribution in [1.29, 1.82) is 0 Å². The number of nitrogens with two attached hydrogens (primary N) is 1. The largest absolute Gasteiger partial charge is 0.370 e. The summed E-state index contributed by atoms with van der Waals surface area (Å²) in [4.78, 5) is 2.41. The maximum atomic E-state index is 6.41. The van der Waals surface area contributed by atoms with Gasteiger partial charge in [0.05, 0.1) is 10.7 Å². The molecule has 1 saturated heterocycles. The third kappa shape index (κ3) is 2.99. The molecule has 1 fully saturated rings. The topological polar surface area (TPSA) is 29.3 Å². The molecule has 0 aliphatic carbocycles. The maximum absolute atomic E-state index is 6.41. The monoisotopic (exact) mass is 266 g/mol. The van der Waals surface area contributed by atoms with Crippen molar-refractivity contribution in [2.24, 2.45) is 17.6 Å². The summed E-state index contributed by atoms with van der Waals surface area (Å²) in [6.07, 6.45) is 1.31. The van der Waals surface area contributed by atoms with Crippen molar-refractivity contribution in [3.63, 3.8) is 0 Å². The Balaban J connectivity index is 2.22. The van der Waals surface area contributed by atoms with Crippen LogP contribution in [0.15, 0.2) is 18.2 Å². The molecule has 0 amide bonds. The van der Waals surface area contributed by atoms with E-state index in [1.54, 1.807) is 0 Å². The van der Waals surface area contributed by atoms with Crippen LogP contribution in [0.2, 0.25) is 5.02 Å². The molecule has 2 N–H and O–H groups in total. The highest BCUT2D eigenvalue weighted by molar-refractivity contribution is 6.33. The van der Waals surface area contributed by atoms with Gasteiger partial charge in [0.15, 0.2) is 0 Å². The molecule has 1 aromatic carbocycles. The SMILES string of the molecule is CC1CC(C)CN(c2ccc([C@H](C)N)cc2Cl)C1. The van der Waals surface area contributed by atoms with Crippen molar-refractivity contribution < 1.29 is 0 Å². The lowest BCUT2D eigenvalue weighted by Crippen LogP contribution is -2.38. The molecule has 1 heterocycles. The molecule has 0 aromatic heterocycles. The van der Waals surface area contributed by atoms with E-state index in [1.165, 1.54) is 6.42 Å². The molecule has 18 heavy (non-hydrogen) atoms. The molecule has 1 aromatic rings. The van der Waals surface area contributed by atoms with Gasteiger partial charge in [-0.25, -0.2) is 0 Å². The summed E-state index contributed by atoms with van der Waals surface area (Å²) in [5.74, 6) is 1.47. The van der Waals surface area contributed by atoms with Gasteiger partial charge in [-0.05, 0) is 42.9 Å². The number of hydrogen-bond acceptors (Lipinski definition) is 2. The fourth-order valence-electron chi connectivity index (χ4n) is 2.92. The maximum Gasteiger partial charge on any atom is 0.0642 e. The summed E-state index contributed by atoms with van der Waals surface area (Å²) in [5.41, 5.74) is 8.13. The first-order chi connectivity index (χ1) is 8.47. The van der Waals surface area contributed by atoms with Crippen molar-refractivity contribution in [2.45, 2.75) is 33.2 Å². The molecule has 2 unspecified atom stereocenters. The van der Waals surface area contributed by atoms with Crippen LogP contribution in [0.3, 0.4) is 0 Å². The van der Waals surface area contributed by atoms with Crippen LogP contribution in [0.25, 0.3) is 0 Å². The van der Waals surface area contributed by atoms with Gasteiger partial charge in [0.25, 0.3) is 0 Å². The first-order valence-electron chi connectivity index (χ1n) is 6.77. The molecular formula is C15H23ClN2. The molecule has 3 heteroatoms. The van der Waals surface area contributed by atoms with Crippen molar-refractivity contribution >= 4 is 17.3 Å². The van der Waals surface area contributed by atoms with Crippen LogP contribution < -0.4 is 10.6 Å². The number of hydrogen-bond donors (Lipinski definition) is 1. The molecule has 0 saturated carbocycles. The van der Waals surface area contributed by atoms with Crippen molar-refractivity contribution in [3.05, 3.63) is 28.8 Å². The van der Waals surface area contributed by atoms with Gasteiger partial charge in [0.1, 0.15) is 0 Å². The second-order valence-electron chi connectivity index (χ2n) is 5.85. The molecule has 0 radical (unpaired) electrons. The zero-order valence-corrected chi connectivity index (χ0v) is 12.2.